The zero-order valence-corrected chi connectivity index (χ0v) is 15.9. The zero-order chi connectivity index (χ0) is 19.1. The Morgan fingerprint density at radius 3 is 2.56 bits per heavy atom. The largest absolute Gasteiger partial charge is 0.497 e. The summed E-state index contributed by atoms with van der Waals surface area (Å²) in [5.74, 6) is 1.69. The molecule has 2 aromatic rings. The van der Waals surface area contributed by atoms with E-state index >= 15 is 0 Å². The van der Waals surface area contributed by atoms with Gasteiger partial charge >= 0.3 is 0 Å². The minimum absolute atomic E-state index is 0.00841. The molecule has 0 aliphatic carbocycles. The topological polar surface area (TPSA) is 66.9 Å². The van der Waals surface area contributed by atoms with Gasteiger partial charge in [0.1, 0.15) is 11.5 Å². The quantitative estimate of drug-likeness (QED) is 0.802. The van der Waals surface area contributed by atoms with Crippen molar-refractivity contribution in [2.24, 2.45) is 0 Å². The number of carbonyl (C=O) groups is 1. The highest BCUT2D eigenvalue weighted by Gasteiger charge is 2.20. The predicted octanol–water partition coefficient (Wildman–Crippen LogP) is 1.86. The summed E-state index contributed by atoms with van der Waals surface area (Å²) < 4.78 is 10.8. The van der Waals surface area contributed by atoms with Gasteiger partial charge in [0.15, 0.2) is 0 Å². The highest BCUT2D eigenvalue weighted by molar-refractivity contribution is 5.92. The van der Waals surface area contributed by atoms with Crippen molar-refractivity contribution < 1.29 is 14.3 Å². The third-order valence-electron chi connectivity index (χ3n) is 4.66. The van der Waals surface area contributed by atoms with Crippen LogP contribution >= 0.6 is 0 Å². The van der Waals surface area contributed by atoms with Crippen LogP contribution < -0.4 is 14.8 Å². The predicted molar refractivity (Wildman–Crippen MR) is 104 cm³/mol. The van der Waals surface area contributed by atoms with Crippen LogP contribution in [-0.2, 0) is 11.3 Å². The lowest BCUT2D eigenvalue weighted by Crippen LogP contribution is -2.48. The SMILES string of the molecule is COc1ccc(OC)c(CN2CCN(CC(=O)Nc3cccnc3)CC2)c1. The number of carbonyl (C=O) groups excluding carboxylic acids is 1. The Bertz CT molecular complexity index is 746. The molecule has 1 saturated heterocycles. The van der Waals surface area contributed by atoms with Crippen LogP contribution in [0.15, 0.2) is 42.7 Å². The average molecular weight is 370 g/mol. The summed E-state index contributed by atoms with van der Waals surface area (Å²) in [4.78, 5) is 20.7. The smallest absolute Gasteiger partial charge is 0.238 e. The number of pyridine rings is 1. The van der Waals surface area contributed by atoms with Crippen LogP contribution in [0.1, 0.15) is 5.56 Å². The number of methoxy groups -OCH3 is 2. The van der Waals surface area contributed by atoms with Gasteiger partial charge in [-0.2, -0.15) is 0 Å². The van der Waals surface area contributed by atoms with Gasteiger partial charge in [-0.05, 0) is 30.3 Å². The summed E-state index contributed by atoms with van der Waals surface area (Å²) >= 11 is 0. The second kappa shape index (κ2) is 9.34. The molecule has 0 radical (unpaired) electrons. The van der Waals surface area contributed by atoms with Crippen LogP contribution in [0.25, 0.3) is 0 Å². The molecule has 1 aliphatic heterocycles. The van der Waals surface area contributed by atoms with Gasteiger partial charge < -0.3 is 14.8 Å². The number of nitrogens with zero attached hydrogens (tertiary/aromatic N) is 3. The highest BCUT2D eigenvalue weighted by atomic mass is 16.5. The van der Waals surface area contributed by atoms with Crippen molar-refractivity contribution in [1.82, 2.24) is 14.8 Å². The van der Waals surface area contributed by atoms with E-state index in [0.717, 1.165) is 55.5 Å². The molecule has 0 spiro atoms. The standard InChI is InChI=1S/C20H26N4O3/c1-26-18-5-6-19(27-2)16(12-18)14-23-8-10-24(11-9-23)15-20(25)22-17-4-3-7-21-13-17/h3-7,12-13H,8-11,14-15H2,1-2H3,(H,22,25). The van der Waals surface area contributed by atoms with Crippen molar-refractivity contribution >= 4 is 11.6 Å². The number of hydrogen-bond donors (Lipinski definition) is 1. The summed E-state index contributed by atoms with van der Waals surface area (Å²) in [6, 6.07) is 9.51. The molecule has 1 aromatic heterocycles. The summed E-state index contributed by atoms with van der Waals surface area (Å²) in [5, 5.41) is 2.88. The van der Waals surface area contributed by atoms with Gasteiger partial charge in [-0.3, -0.25) is 19.6 Å². The van der Waals surface area contributed by atoms with Crippen LogP contribution in [0.5, 0.6) is 11.5 Å². The van der Waals surface area contributed by atoms with Crippen molar-refractivity contribution in [1.29, 1.82) is 0 Å². The van der Waals surface area contributed by atoms with Crippen LogP contribution in [0.2, 0.25) is 0 Å². The lowest BCUT2D eigenvalue weighted by Gasteiger charge is -2.34. The Morgan fingerprint density at radius 1 is 1.11 bits per heavy atom. The first-order valence-corrected chi connectivity index (χ1v) is 9.03. The lowest BCUT2D eigenvalue weighted by atomic mass is 10.1. The third-order valence-corrected chi connectivity index (χ3v) is 4.66. The number of benzene rings is 1. The molecule has 1 amide bonds. The van der Waals surface area contributed by atoms with E-state index in [2.05, 4.69) is 20.1 Å². The van der Waals surface area contributed by atoms with Crippen LogP contribution in [0, 0.1) is 0 Å². The maximum atomic E-state index is 12.2. The molecular formula is C20H26N4O3. The fourth-order valence-electron chi connectivity index (χ4n) is 3.19. The van der Waals surface area contributed by atoms with Crippen molar-refractivity contribution in [2.75, 3.05) is 52.3 Å². The van der Waals surface area contributed by atoms with E-state index in [1.807, 2.05) is 24.3 Å². The minimum atomic E-state index is -0.00841. The Balaban J connectivity index is 1.48. The molecule has 0 atom stereocenters. The number of rotatable bonds is 7. The molecule has 27 heavy (non-hydrogen) atoms. The van der Waals surface area contributed by atoms with Gasteiger partial charge in [0.2, 0.25) is 5.91 Å². The number of piperazine rings is 1. The van der Waals surface area contributed by atoms with Crippen molar-refractivity contribution in [2.45, 2.75) is 6.54 Å². The Morgan fingerprint density at radius 2 is 1.89 bits per heavy atom. The van der Waals surface area contributed by atoms with E-state index in [-0.39, 0.29) is 5.91 Å². The normalized spacial score (nSPS) is 15.3. The molecular weight excluding hydrogens is 344 g/mol. The molecule has 2 heterocycles. The molecule has 144 valence electrons. The molecule has 0 saturated carbocycles. The van der Waals surface area contributed by atoms with Crippen molar-refractivity contribution in [3.63, 3.8) is 0 Å². The van der Waals surface area contributed by atoms with E-state index in [1.165, 1.54) is 0 Å². The number of anilines is 1. The molecule has 7 heteroatoms. The Labute approximate surface area is 159 Å². The zero-order valence-electron chi connectivity index (χ0n) is 15.9. The second-order valence-corrected chi connectivity index (χ2v) is 6.52. The Hall–Kier alpha value is -2.64. The molecule has 1 N–H and O–H groups in total. The van der Waals surface area contributed by atoms with Gasteiger partial charge in [-0.1, -0.05) is 0 Å². The van der Waals surface area contributed by atoms with Gasteiger partial charge in [0, 0.05) is 44.5 Å². The number of nitrogens with one attached hydrogen (secondary N) is 1. The van der Waals surface area contributed by atoms with Gasteiger partial charge in [0.25, 0.3) is 0 Å². The number of amides is 1. The fraction of sp³-hybridized carbons (Fsp3) is 0.400. The van der Waals surface area contributed by atoms with Crippen LogP contribution in [0.4, 0.5) is 5.69 Å². The maximum Gasteiger partial charge on any atom is 0.238 e. The van der Waals surface area contributed by atoms with Crippen LogP contribution in [-0.4, -0.2) is 67.6 Å². The number of aromatic nitrogens is 1. The first-order valence-electron chi connectivity index (χ1n) is 9.03. The summed E-state index contributed by atoms with van der Waals surface area (Å²) in [6.45, 7) is 4.71. The lowest BCUT2D eigenvalue weighted by molar-refractivity contribution is -0.117. The molecule has 1 aromatic carbocycles. The molecule has 0 unspecified atom stereocenters. The number of ether oxygens (including phenoxy) is 2. The van der Waals surface area contributed by atoms with Crippen molar-refractivity contribution in [3.05, 3.63) is 48.3 Å². The second-order valence-electron chi connectivity index (χ2n) is 6.52. The molecule has 0 bridgehead atoms. The number of hydrogen-bond acceptors (Lipinski definition) is 6. The summed E-state index contributed by atoms with van der Waals surface area (Å²) in [5.41, 5.74) is 1.84. The van der Waals surface area contributed by atoms with E-state index in [0.29, 0.717) is 6.54 Å². The molecule has 1 fully saturated rings. The summed E-state index contributed by atoms with van der Waals surface area (Å²) in [7, 11) is 3.35. The van der Waals surface area contributed by atoms with Gasteiger partial charge in [-0.15, -0.1) is 0 Å². The van der Waals surface area contributed by atoms with E-state index in [9.17, 15) is 4.79 Å². The molecule has 1 aliphatic rings. The molecule has 3 rings (SSSR count). The van der Waals surface area contributed by atoms with E-state index in [1.54, 1.807) is 32.7 Å². The maximum absolute atomic E-state index is 12.2. The third kappa shape index (κ3) is 5.42. The highest BCUT2D eigenvalue weighted by Crippen LogP contribution is 2.25. The average Bonchev–Trinajstić information content (AvgIpc) is 2.70. The monoisotopic (exact) mass is 370 g/mol. The Kier molecular flexibility index (Phi) is 6.62. The van der Waals surface area contributed by atoms with Crippen molar-refractivity contribution in [3.8, 4) is 11.5 Å². The van der Waals surface area contributed by atoms with E-state index in [4.69, 9.17) is 9.47 Å². The first-order chi connectivity index (χ1) is 13.2. The minimum Gasteiger partial charge on any atom is -0.497 e. The van der Waals surface area contributed by atoms with Gasteiger partial charge in [0.05, 0.1) is 32.6 Å². The van der Waals surface area contributed by atoms with E-state index < -0.39 is 0 Å². The van der Waals surface area contributed by atoms with Gasteiger partial charge in [-0.25, -0.2) is 0 Å². The summed E-state index contributed by atoms with van der Waals surface area (Å²) in [6.07, 6.45) is 3.34. The fourth-order valence-corrected chi connectivity index (χ4v) is 3.19. The first kappa shape index (κ1) is 19.1. The van der Waals surface area contributed by atoms with Crippen LogP contribution in [0.3, 0.4) is 0 Å². The molecule has 7 nitrogen and oxygen atoms in total.